The Labute approximate surface area is 160 Å². The molecule has 3 aromatic rings. The quantitative estimate of drug-likeness (QED) is 0.628. The van der Waals surface area contributed by atoms with Gasteiger partial charge in [0.1, 0.15) is 11.9 Å². The van der Waals surface area contributed by atoms with Crippen molar-refractivity contribution in [2.45, 2.75) is 6.10 Å². The molecule has 0 aliphatic rings. The van der Waals surface area contributed by atoms with Gasteiger partial charge in [-0.1, -0.05) is 60.1 Å². The zero-order valence-corrected chi connectivity index (χ0v) is 15.4. The Morgan fingerprint density at radius 3 is 2.04 bits per heavy atom. The summed E-state index contributed by atoms with van der Waals surface area (Å²) in [6, 6.07) is 25.5. The maximum Gasteiger partial charge on any atom is 0.144 e. The highest BCUT2D eigenvalue weighted by Gasteiger charge is 2.10. The van der Waals surface area contributed by atoms with Crippen molar-refractivity contribution in [2.24, 2.45) is 0 Å². The van der Waals surface area contributed by atoms with Gasteiger partial charge >= 0.3 is 0 Å². The number of hydrogen-bond donors (Lipinski definition) is 0. The maximum atomic E-state index is 5.63. The fourth-order valence-corrected chi connectivity index (χ4v) is 2.59. The predicted molar refractivity (Wildman–Crippen MR) is 108 cm³/mol. The van der Waals surface area contributed by atoms with Crippen LogP contribution in [0.4, 0.5) is 0 Å². The monoisotopic (exact) mass is 352 g/mol. The number of rotatable bonds is 3. The summed E-state index contributed by atoms with van der Waals surface area (Å²) in [5.41, 5.74) is 3.76. The zero-order valence-electron chi connectivity index (χ0n) is 15.4. The molecular weight excluding hydrogens is 332 g/mol. The molecule has 0 bridgehead atoms. The van der Waals surface area contributed by atoms with Crippen LogP contribution in [-0.4, -0.2) is 14.2 Å². The molecule has 0 amide bonds. The van der Waals surface area contributed by atoms with Gasteiger partial charge < -0.3 is 9.47 Å². The molecule has 0 saturated heterocycles. The van der Waals surface area contributed by atoms with Crippen molar-refractivity contribution in [3.8, 4) is 29.4 Å². The lowest BCUT2D eigenvalue weighted by atomic mass is 10.0. The Kier molecular flexibility index (Phi) is 6.31. The van der Waals surface area contributed by atoms with Gasteiger partial charge in [-0.05, 0) is 42.5 Å². The van der Waals surface area contributed by atoms with Crippen molar-refractivity contribution in [3.05, 3.63) is 101 Å². The molecule has 27 heavy (non-hydrogen) atoms. The lowest BCUT2D eigenvalue weighted by Crippen LogP contribution is -2.01. The summed E-state index contributed by atoms with van der Waals surface area (Å²) in [5, 5.41) is 0. The Hall–Kier alpha value is -3.46. The van der Waals surface area contributed by atoms with Gasteiger partial charge in [0.25, 0.3) is 0 Å². The summed E-state index contributed by atoms with van der Waals surface area (Å²) in [6.07, 6.45) is -0.353. The Bertz CT molecular complexity index is 997. The van der Waals surface area contributed by atoms with Crippen LogP contribution in [0.2, 0.25) is 0 Å². The molecule has 0 aromatic heterocycles. The van der Waals surface area contributed by atoms with Crippen LogP contribution in [0.5, 0.6) is 5.75 Å². The van der Waals surface area contributed by atoms with Crippen LogP contribution in [0, 0.1) is 23.7 Å². The summed E-state index contributed by atoms with van der Waals surface area (Å²) in [4.78, 5) is 0. The van der Waals surface area contributed by atoms with Crippen molar-refractivity contribution >= 4 is 0 Å². The lowest BCUT2D eigenvalue weighted by Gasteiger charge is -2.11. The zero-order chi connectivity index (χ0) is 18.9. The molecular formula is C25H20O2. The topological polar surface area (TPSA) is 18.5 Å². The maximum absolute atomic E-state index is 5.63. The molecule has 0 heterocycles. The highest BCUT2D eigenvalue weighted by Crippen LogP contribution is 2.20. The van der Waals surface area contributed by atoms with E-state index in [9.17, 15) is 0 Å². The second kappa shape index (κ2) is 9.30. The van der Waals surface area contributed by atoms with Crippen LogP contribution in [0.1, 0.15) is 28.4 Å². The largest absolute Gasteiger partial charge is 0.497 e. The molecule has 0 saturated carbocycles. The summed E-state index contributed by atoms with van der Waals surface area (Å²) >= 11 is 0. The van der Waals surface area contributed by atoms with Crippen LogP contribution in [0.3, 0.4) is 0 Å². The van der Waals surface area contributed by atoms with Crippen molar-refractivity contribution in [1.29, 1.82) is 0 Å². The predicted octanol–water partition coefficient (Wildman–Crippen LogP) is 4.83. The van der Waals surface area contributed by atoms with E-state index < -0.39 is 0 Å². The molecule has 132 valence electrons. The molecule has 0 spiro atoms. The molecule has 0 N–H and O–H groups in total. The van der Waals surface area contributed by atoms with E-state index in [0.717, 1.165) is 28.0 Å². The highest BCUT2D eigenvalue weighted by atomic mass is 16.5. The van der Waals surface area contributed by atoms with Crippen LogP contribution >= 0.6 is 0 Å². The standard InChI is InChI=1S/C25H20O2/c1-26-23-17-13-21(14-18-23)15-19-25(27-2)24-11-7-6-10-22(24)16-12-20-8-4-3-5-9-20/h3-11,13-14,17-18,25H,1-2H3. The Balaban J connectivity index is 1.88. The third-order valence-corrected chi connectivity index (χ3v) is 4.03. The highest BCUT2D eigenvalue weighted by molar-refractivity contribution is 5.49. The summed E-state index contributed by atoms with van der Waals surface area (Å²) in [7, 11) is 3.31. The van der Waals surface area contributed by atoms with E-state index in [4.69, 9.17) is 9.47 Å². The molecule has 3 rings (SSSR count). The van der Waals surface area contributed by atoms with Gasteiger partial charge in [-0.25, -0.2) is 0 Å². The van der Waals surface area contributed by atoms with Gasteiger partial charge in [0, 0.05) is 29.4 Å². The normalized spacial score (nSPS) is 10.7. The van der Waals surface area contributed by atoms with E-state index in [1.54, 1.807) is 14.2 Å². The number of ether oxygens (including phenoxy) is 2. The minimum Gasteiger partial charge on any atom is -0.497 e. The van der Waals surface area contributed by atoms with Crippen molar-refractivity contribution in [3.63, 3.8) is 0 Å². The van der Waals surface area contributed by atoms with Gasteiger partial charge in [0.15, 0.2) is 0 Å². The third-order valence-electron chi connectivity index (χ3n) is 4.03. The molecule has 2 heteroatoms. The van der Waals surface area contributed by atoms with E-state index >= 15 is 0 Å². The van der Waals surface area contributed by atoms with Gasteiger partial charge in [-0.3, -0.25) is 0 Å². The molecule has 0 fully saturated rings. The second-order valence-corrected chi connectivity index (χ2v) is 5.82. The molecule has 1 atom stereocenters. The van der Waals surface area contributed by atoms with Crippen LogP contribution in [-0.2, 0) is 4.74 Å². The molecule has 3 aromatic carbocycles. The summed E-state index contributed by atoms with van der Waals surface area (Å²) in [5.74, 6) is 13.6. The first-order valence-electron chi connectivity index (χ1n) is 8.64. The smallest absolute Gasteiger partial charge is 0.144 e. The summed E-state index contributed by atoms with van der Waals surface area (Å²) in [6.45, 7) is 0. The third kappa shape index (κ3) is 5.02. The first kappa shape index (κ1) is 18.3. The summed E-state index contributed by atoms with van der Waals surface area (Å²) < 4.78 is 10.8. The van der Waals surface area contributed by atoms with E-state index in [2.05, 4.69) is 23.7 Å². The Morgan fingerprint density at radius 1 is 0.667 bits per heavy atom. The fraction of sp³-hybridized carbons (Fsp3) is 0.120. The van der Waals surface area contributed by atoms with E-state index in [0.29, 0.717) is 0 Å². The van der Waals surface area contributed by atoms with Gasteiger partial charge in [-0.15, -0.1) is 0 Å². The van der Waals surface area contributed by atoms with Crippen molar-refractivity contribution in [1.82, 2.24) is 0 Å². The number of hydrogen-bond acceptors (Lipinski definition) is 2. The lowest BCUT2D eigenvalue weighted by molar-refractivity contribution is 0.150. The fourth-order valence-electron chi connectivity index (χ4n) is 2.59. The first-order chi connectivity index (χ1) is 13.3. The van der Waals surface area contributed by atoms with E-state index in [-0.39, 0.29) is 6.10 Å². The van der Waals surface area contributed by atoms with E-state index in [1.807, 2.05) is 78.9 Å². The molecule has 0 aliphatic heterocycles. The van der Waals surface area contributed by atoms with Crippen molar-refractivity contribution < 1.29 is 9.47 Å². The van der Waals surface area contributed by atoms with E-state index in [1.165, 1.54) is 0 Å². The molecule has 1 unspecified atom stereocenters. The van der Waals surface area contributed by atoms with Crippen LogP contribution in [0.25, 0.3) is 0 Å². The van der Waals surface area contributed by atoms with Gasteiger partial charge in [-0.2, -0.15) is 0 Å². The minimum absolute atomic E-state index is 0.353. The first-order valence-corrected chi connectivity index (χ1v) is 8.64. The Morgan fingerprint density at radius 2 is 1.33 bits per heavy atom. The molecule has 0 aliphatic carbocycles. The van der Waals surface area contributed by atoms with Gasteiger partial charge in [0.05, 0.1) is 7.11 Å². The average Bonchev–Trinajstić information content (AvgIpc) is 2.74. The van der Waals surface area contributed by atoms with Crippen LogP contribution in [0.15, 0.2) is 78.9 Å². The van der Waals surface area contributed by atoms with Gasteiger partial charge in [0.2, 0.25) is 0 Å². The minimum atomic E-state index is -0.353. The number of methoxy groups -OCH3 is 2. The molecule has 0 radical (unpaired) electrons. The van der Waals surface area contributed by atoms with Crippen LogP contribution < -0.4 is 4.74 Å². The van der Waals surface area contributed by atoms with Crippen molar-refractivity contribution in [2.75, 3.05) is 14.2 Å². The number of benzene rings is 3. The average molecular weight is 352 g/mol. The SMILES string of the molecule is COc1ccc(C#CC(OC)c2ccccc2C#Cc2ccccc2)cc1. The second-order valence-electron chi connectivity index (χ2n) is 5.82. The molecule has 2 nitrogen and oxygen atoms in total.